The Bertz CT molecular complexity index is 1130. The van der Waals surface area contributed by atoms with Gasteiger partial charge in [0.15, 0.2) is 11.5 Å². The van der Waals surface area contributed by atoms with E-state index in [9.17, 15) is 0 Å². The molecule has 0 saturated carbocycles. The number of rotatable bonds is 4. The molecule has 0 amide bonds. The van der Waals surface area contributed by atoms with Crippen LogP contribution in [-0.2, 0) is 0 Å². The lowest BCUT2D eigenvalue weighted by Gasteiger charge is -2.13. The van der Waals surface area contributed by atoms with Crippen molar-refractivity contribution in [2.75, 3.05) is 14.2 Å². The predicted molar refractivity (Wildman–Crippen MR) is 121 cm³/mol. The average Bonchev–Trinajstić information content (AvgIpc) is 3.36. The Balaban J connectivity index is 1.78. The molecular weight excluding hydrogens is 384 g/mol. The second-order valence-electron chi connectivity index (χ2n) is 6.55. The van der Waals surface area contributed by atoms with E-state index in [0.717, 1.165) is 11.5 Å². The Morgan fingerprint density at radius 1 is 0.571 bits per heavy atom. The molecule has 0 aliphatic carbocycles. The van der Waals surface area contributed by atoms with Crippen LogP contribution in [0.15, 0.2) is 72.8 Å². The highest BCUT2D eigenvalue weighted by Gasteiger charge is 2.17. The summed E-state index contributed by atoms with van der Waals surface area (Å²) < 4.78 is 13.8. The van der Waals surface area contributed by atoms with E-state index in [0.29, 0.717) is 0 Å². The van der Waals surface area contributed by atoms with E-state index in [-0.39, 0.29) is 0 Å². The Labute approximate surface area is 171 Å². The van der Waals surface area contributed by atoms with Gasteiger partial charge in [-0.15, -0.1) is 22.7 Å². The zero-order chi connectivity index (χ0) is 19.1. The summed E-state index contributed by atoms with van der Waals surface area (Å²) in [5.74, 6) is 1.50. The SMILES string of the molecule is COc1cc(-c2cc3ccccc3s2)c(-c2cc3ccccc3s2)cc1OC. The van der Waals surface area contributed by atoms with Crippen molar-refractivity contribution in [1.29, 1.82) is 0 Å². The van der Waals surface area contributed by atoms with Crippen LogP contribution in [0.25, 0.3) is 41.1 Å². The number of hydrogen-bond acceptors (Lipinski definition) is 4. The first-order chi connectivity index (χ1) is 13.8. The van der Waals surface area contributed by atoms with Gasteiger partial charge in [-0.1, -0.05) is 36.4 Å². The molecule has 5 rings (SSSR count). The van der Waals surface area contributed by atoms with Gasteiger partial charge in [0.1, 0.15) is 0 Å². The van der Waals surface area contributed by atoms with Gasteiger partial charge in [-0.3, -0.25) is 0 Å². The molecule has 0 fully saturated rings. The summed E-state index contributed by atoms with van der Waals surface area (Å²) in [6.45, 7) is 0. The van der Waals surface area contributed by atoms with E-state index in [1.54, 1.807) is 36.9 Å². The van der Waals surface area contributed by atoms with Crippen LogP contribution in [0.4, 0.5) is 0 Å². The van der Waals surface area contributed by atoms with E-state index < -0.39 is 0 Å². The van der Waals surface area contributed by atoms with Crippen LogP contribution in [0.1, 0.15) is 0 Å². The second-order valence-corrected chi connectivity index (χ2v) is 8.72. The molecule has 4 heteroatoms. The highest BCUT2D eigenvalue weighted by atomic mass is 32.1. The van der Waals surface area contributed by atoms with Crippen molar-refractivity contribution in [2.24, 2.45) is 0 Å². The molecule has 2 aromatic heterocycles. The molecule has 0 atom stereocenters. The molecule has 0 aliphatic rings. The highest BCUT2D eigenvalue weighted by Crippen LogP contribution is 2.46. The Morgan fingerprint density at radius 3 is 1.39 bits per heavy atom. The maximum atomic E-state index is 5.61. The van der Waals surface area contributed by atoms with Crippen LogP contribution in [0.3, 0.4) is 0 Å². The van der Waals surface area contributed by atoms with Crippen molar-refractivity contribution in [3.05, 3.63) is 72.8 Å². The van der Waals surface area contributed by atoms with Gasteiger partial charge in [0.2, 0.25) is 0 Å². The highest BCUT2D eigenvalue weighted by molar-refractivity contribution is 7.23. The van der Waals surface area contributed by atoms with Gasteiger partial charge in [-0.05, 0) is 47.2 Å². The molecule has 0 saturated heterocycles. The van der Waals surface area contributed by atoms with Crippen LogP contribution in [-0.4, -0.2) is 14.2 Å². The average molecular weight is 403 g/mol. The normalized spacial score (nSPS) is 11.2. The summed E-state index contributed by atoms with van der Waals surface area (Å²) in [6, 6.07) is 25.7. The molecule has 5 aromatic rings. The van der Waals surface area contributed by atoms with Crippen molar-refractivity contribution in [3.63, 3.8) is 0 Å². The zero-order valence-corrected chi connectivity index (χ0v) is 17.2. The third-order valence-electron chi connectivity index (χ3n) is 4.91. The maximum absolute atomic E-state index is 5.61. The van der Waals surface area contributed by atoms with E-state index in [1.807, 2.05) is 0 Å². The third kappa shape index (κ3) is 2.86. The summed E-state index contributed by atoms with van der Waals surface area (Å²) >= 11 is 3.61. The minimum absolute atomic E-state index is 0.750. The molecule has 0 bridgehead atoms. The Hall–Kier alpha value is -2.82. The quantitative estimate of drug-likeness (QED) is 0.310. The number of hydrogen-bond donors (Lipinski definition) is 0. The number of benzene rings is 3. The molecule has 138 valence electrons. The maximum Gasteiger partial charge on any atom is 0.161 e. The van der Waals surface area contributed by atoms with Crippen LogP contribution >= 0.6 is 22.7 Å². The summed E-state index contributed by atoms with van der Waals surface area (Å²) in [5.41, 5.74) is 2.34. The zero-order valence-electron chi connectivity index (χ0n) is 15.6. The van der Waals surface area contributed by atoms with Crippen LogP contribution in [0.5, 0.6) is 11.5 Å². The van der Waals surface area contributed by atoms with Gasteiger partial charge in [-0.2, -0.15) is 0 Å². The van der Waals surface area contributed by atoms with Crippen molar-refractivity contribution in [1.82, 2.24) is 0 Å². The van der Waals surface area contributed by atoms with Crippen molar-refractivity contribution in [3.8, 4) is 32.4 Å². The largest absolute Gasteiger partial charge is 0.493 e. The smallest absolute Gasteiger partial charge is 0.161 e. The summed E-state index contributed by atoms with van der Waals surface area (Å²) in [6.07, 6.45) is 0. The minimum atomic E-state index is 0.750. The number of methoxy groups -OCH3 is 2. The standard InChI is InChI=1S/C24H18O2S2/c1-25-19-13-17(23-11-15-7-3-5-9-21(15)27-23)18(14-20(19)26-2)24-12-16-8-4-6-10-22(16)28-24/h3-14H,1-2H3. The fourth-order valence-corrected chi connectivity index (χ4v) is 5.70. The van der Waals surface area contributed by atoms with Crippen molar-refractivity contribution >= 4 is 42.8 Å². The van der Waals surface area contributed by atoms with Crippen LogP contribution in [0.2, 0.25) is 0 Å². The number of ether oxygens (including phenoxy) is 2. The van der Waals surface area contributed by atoms with E-state index in [1.165, 1.54) is 41.1 Å². The van der Waals surface area contributed by atoms with Gasteiger partial charge in [-0.25, -0.2) is 0 Å². The number of fused-ring (bicyclic) bond motifs is 2. The molecule has 0 aliphatic heterocycles. The molecule has 0 radical (unpaired) electrons. The Morgan fingerprint density at radius 2 is 1.00 bits per heavy atom. The summed E-state index contributed by atoms with van der Waals surface area (Å²) in [5, 5.41) is 2.53. The van der Waals surface area contributed by atoms with Gasteiger partial charge in [0, 0.05) is 30.3 Å². The van der Waals surface area contributed by atoms with Gasteiger partial charge in [0.25, 0.3) is 0 Å². The van der Waals surface area contributed by atoms with E-state index in [2.05, 4.69) is 72.8 Å². The Kier molecular flexibility index (Phi) is 4.30. The predicted octanol–water partition coefficient (Wildman–Crippen LogP) is 7.47. The third-order valence-corrected chi connectivity index (χ3v) is 7.20. The summed E-state index contributed by atoms with van der Waals surface area (Å²) in [4.78, 5) is 2.46. The second kappa shape index (κ2) is 6.97. The first-order valence-corrected chi connectivity index (χ1v) is 10.6. The van der Waals surface area contributed by atoms with Crippen molar-refractivity contribution in [2.45, 2.75) is 0 Å². The number of thiophene rings is 2. The molecule has 28 heavy (non-hydrogen) atoms. The molecule has 2 heterocycles. The topological polar surface area (TPSA) is 18.5 Å². The van der Waals surface area contributed by atoms with E-state index in [4.69, 9.17) is 9.47 Å². The molecule has 2 nitrogen and oxygen atoms in total. The van der Waals surface area contributed by atoms with Crippen LogP contribution < -0.4 is 9.47 Å². The minimum Gasteiger partial charge on any atom is -0.493 e. The molecule has 0 spiro atoms. The first kappa shape index (κ1) is 17.3. The van der Waals surface area contributed by atoms with Gasteiger partial charge in [0.05, 0.1) is 14.2 Å². The van der Waals surface area contributed by atoms with Gasteiger partial charge >= 0.3 is 0 Å². The fourth-order valence-electron chi connectivity index (χ4n) is 3.52. The lowest BCUT2D eigenvalue weighted by molar-refractivity contribution is 0.355. The lowest BCUT2D eigenvalue weighted by Crippen LogP contribution is -1.92. The monoisotopic (exact) mass is 402 g/mol. The molecule has 0 unspecified atom stereocenters. The molecule has 3 aromatic carbocycles. The summed E-state index contributed by atoms with van der Waals surface area (Å²) in [7, 11) is 3.37. The first-order valence-electron chi connectivity index (χ1n) is 9.01. The van der Waals surface area contributed by atoms with E-state index >= 15 is 0 Å². The molecular formula is C24H18O2S2. The van der Waals surface area contributed by atoms with Crippen molar-refractivity contribution < 1.29 is 9.47 Å². The van der Waals surface area contributed by atoms with Gasteiger partial charge < -0.3 is 9.47 Å². The van der Waals surface area contributed by atoms with Crippen LogP contribution in [0, 0.1) is 0 Å². The lowest BCUT2D eigenvalue weighted by atomic mass is 10.0. The molecule has 0 N–H and O–H groups in total. The fraction of sp³-hybridized carbons (Fsp3) is 0.0833.